The van der Waals surface area contributed by atoms with Crippen LogP contribution in [0.15, 0.2) is 59.3 Å². The van der Waals surface area contributed by atoms with E-state index >= 15 is 0 Å². The lowest BCUT2D eigenvalue weighted by molar-refractivity contribution is -0.118. The van der Waals surface area contributed by atoms with Crippen LogP contribution in [0.25, 0.3) is 16.7 Å². The Morgan fingerprint density at radius 1 is 1.25 bits per heavy atom. The highest BCUT2D eigenvalue weighted by Crippen LogP contribution is 2.26. The summed E-state index contributed by atoms with van der Waals surface area (Å²) < 4.78 is 6.94. The molecule has 7 nitrogen and oxygen atoms in total. The lowest BCUT2D eigenvalue weighted by atomic mass is 10.3. The fraction of sp³-hybridized carbons (Fsp3) is 0.158. The van der Waals surface area contributed by atoms with E-state index in [2.05, 4.69) is 20.4 Å². The van der Waals surface area contributed by atoms with Gasteiger partial charge in [-0.2, -0.15) is 5.10 Å². The van der Waals surface area contributed by atoms with Crippen LogP contribution in [0.2, 0.25) is 0 Å². The number of hydrogen-bond donors (Lipinski definition) is 1. The van der Waals surface area contributed by atoms with Crippen LogP contribution in [0.4, 0.5) is 0 Å². The van der Waals surface area contributed by atoms with Crippen LogP contribution < -0.4 is 10.1 Å². The molecule has 9 heteroatoms. The van der Waals surface area contributed by atoms with Gasteiger partial charge in [-0.1, -0.05) is 17.8 Å². The number of nitrogens with one attached hydrogen (secondary N) is 1. The van der Waals surface area contributed by atoms with Crippen molar-refractivity contribution in [3.63, 3.8) is 0 Å². The standard InChI is InChI=1S/C19H17N5O2S2/c1-26-14-6-4-13(5-7-14)24-18-16(10-23-24)19(22-12-21-18)28-11-17(25)20-9-15-3-2-8-27-15/h2-8,10,12H,9,11H2,1H3,(H,20,25). The van der Waals surface area contributed by atoms with Crippen molar-refractivity contribution in [2.45, 2.75) is 11.6 Å². The van der Waals surface area contributed by atoms with Gasteiger partial charge in [0.05, 0.1) is 36.7 Å². The summed E-state index contributed by atoms with van der Waals surface area (Å²) in [5, 5.41) is 10.9. The van der Waals surface area contributed by atoms with Gasteiger partial charge >= 0.3 is 0 Å². The summed E-state index contributed by atoms with van der Waals surface area (Å²) in [6.45, 7) is 0.547. The van der Waals surface area contributed by atoms with Crippen LogP contribution in [0.5, 0.6) is 5.75 Å². The monoisotopic (exact) mass is 411 g/mol. The molecule has 4 aromatic rings. The summed E-state index contributed by atoms with van der Waals surface area (Å²) >= 11 is 3.00. The third-order valence-corrected chi connectivity index (χ3v) is 5.91. The molecule has 1 N–H and O–H groups in total. The second-order valence-corrected chi connectivity index (χ2v) is 7.81. The van der Waals surface area contributed by atoms with E-state index in [-0.39, 0.29) is 11.7 Å². The SMILES string of the molecule is COc1ccc(-n2ncc3c(SCC(=O)NCc4cccs4)ncnc32)cc1. The Labute approximate surface area is 169 Å². The van der Waals surface area contributed by atoms with E-state index < -0.39 is 0 Å². The van der Waals surface area contributed by atoms with Crippen molar-refractivity contribution < 1.29 is 9.53 Å². The van der Waals surface area contributed by atoms with Gasteiger partial charge in [0.2, 0.25) is 5.91 Å². The van der Waals surface area contributed by atoms with E-state index in [0.29, 0.717) is 12.2 Å². The van der Waals surface area contributed by atoms with E-state index in [1.54, 1.807) is 29.3 Å². The van der Waals surface area contributed by atoms with E-state index in [9.17, 15) is 4.79 Å². The van der Waals surface area contributed by atoms with Crippen molar-refractivity contribution in [2.75, 3.05) is 12.9 Å². The maximum absolute atomic E-state index is 12.1. The summed E-state index contributed by atoms with van der Waals surface area (Å²) in [6, 6.07) is 11.5. The van der Waals surface area contributed by atoms with E-state index in [4.69, 9.17) is 4.74 Å². The highest BCUT2D eigenvalue weighted by molar-refractivity contribution is 8.00. The zero-order valence-electron chi connectivity index (χ0n) is 15.0. The van der Waals surface area contributed by atoms with Gasteiger partial charge in [-0.15, -0.1) is 11.3 Å². The molecule has 0 bridgehead atoms. The van der Waals surface area contributed by atoms with Crippen molar-refractivity contribution in [3.05, 3.63) is 59.2 Å². The maximum Gasteiger partial charge on any atom is 0.230 e. The number of carbonyl (C=O) groups excluding carboxylic acids is 1. The Morgan fingerprint density at radius 3 is 2.86 bits per heavy atom. The van der Waals surface area contributed by atoms with Gasteiger partial charge in [0.15, 0.2) is 5.65 Å². The Hall–Kier alpha value is -2.91. The van der Waals surface area contributed by atoms with Crippen LogP contribution in [0.3, 0.4) is 0 Å². The zero-order valence-corrected chi connectivity index (χ0v) is 16.7. The van der Waals surface area contributed by atoms with Gasteiger partial charge in [-0.05, 0) is 35.7 Å². The molecule has 4 rings (SSSR count). The highest BCUT2D eigenvalue weighted by Gasteiger charge is 2.13. The molecule has 0 radical (unpaired) electrons. The van der Waals surface area contributed by atoms with Gasteiger partial charge in [0.1, 0.15) is 17.1 Å². The number of carbonyl (C=O) groups is 1. The van der Waals surface area contributed by atoms with Crippen molar-refractivity contribution >= 4 is 40.0 Å². The van der Waals surface area contributed by atoms with Crippen molar-refractivity contribution in [1.29, 1.82) is 0 Å². The molecule has 0 aliphatic carbocycles. The van der Waals surface area contributed by atoms with Gasteiger partial charge in [0, 0.05) is 4.88 Å². The lowest BCUT2D eigenvalue weighted by Gasteiger charge is -2.06. The number of rotatable bonds is 7. The molecule has 3 aromatic heterocycles. The molecular formula is C19H17N5O2S2. The van der Waals surface area contributed by atoms with Crippen LogP contribution in [-0.2, 0) is 11.3 Å². The first-order valence-electron chi connectivity index (χ1n) is 8.49. The average molecular weight is 412 g/mol. The van der Waals surface area contributed by atoms with Crippen molar-refractivity contribution in [2.24, 2.45) is 0 Å². The number of aromatic nitrogens is 4. The number of ether oxygens (including phenoxy) is 1. The third-order valence-electron chi connectivity index (χ3n) is 4.03. The first-order chi connectivity index (χ1) is 13.7. The van der Waals surface area contributed by atoms with Crippen LogP contribution in [0, 0.1) is 0 Å². The molecule has 0 aliphatic heterocycles. The predicted octanol–water partition coefficient (Wildman–Crippen LogP) is 3.29. The molecule has 0 fully saturated rings. The van der Waals surface area contributed by atoms with E-state index in [1.165, 1.54) is 18.1 Å². The number of thiophene rings is 1. The number of thioether (sulfide) groups is 1. The van der Waals surface area contributed by atoms with Gasteiger partial charge < -0.3 is 10.1 Å². The summed E-state index contributed by atoms with van der Waals surface area (Å²) in [4.78, 5) is 21.9. The molecule has 0 unspecified atom stereocenters. The topological polar surface area (TPSA) is 81.9 Å². The van der Waals surface area contributed by atoms with Gasteiger partial charge in [-0.3, -0.25) is 4.79 Å². The fourth-order valence-electron chi connectivity index (χ4n) is 2.63. The highest BCUT2D eigenvalue weighted by atomic mass is 32.2. The summed E-state index contributed by atoms with van der Waals surface area (Å²) in [5.41, 5.74) is 1.57. The third kappa shape index (κ3) is 4.00. The smallest absolute Gasteiger partial charge is 0.230 e. The largest absolute Gasteiger partial charge is 0.497 e. The van der Waals surface area contributed by atoms with Crippen LogP contribution >= 0.6 is 23.1 Å². The molecular weight excluding hydrogens is 394 g/mol. The molecule has 28 heavy (non-hydrogen) atoms. The molecule has 0 spiro atoms. The molecule has 0 aliphatic rings. The molecule has 1 aromatic carbocycles. The Balaban J connectivity index is 1.47. The molecule has 3 heterocycles. The first kappa shape index (κ1) is 18.5. The minimum atomic E-state index is -0.0345. The number of hydrogen-bond acceptors (Lipinski definition) is 7. The quantitative estimate of drug-likeness (QED) is 0.371. The minimum absolute atomic E-state index is 0.0345. The van der Waals surface area contributed by atoms with Crippen LogP contribution in [-0.4, -0.2) is 38.5 Å². The zero-order chi connectivity index (χ0) is 19.3. The van der Waals surface area contributed by atoms with Crippen molar-refractivity contribution in [1.82, 2.24) is 25.1 Å². The molecule has 0 atom stereocenters. The first-order valence-corrected chi connectivity index (χ1v) is 10.4. The number of fused-ring (bicyclic) bond motifs is 1. The number of benzene rings is 1. The Bertz CT molecular complexity index is 1080. The molecule has 0 saturated heterocycles. The fourth-order valence-corrected chi connectivity index (χ4v) is 4.07. The summed E-state index contributed by atoms with van der Waals surface area (Å²) in [7, 11) is 1.63. The summed E-state index contributed by atoms with van der Waals surface area (Å²) in [5.74, 6) is 1.03. The average Bonchev–Trinajstić information content (AvgIpc) is 3.41. The van der Waals surface area contributed by atoms with Crippen LogP contribution in [0.1, 0.15) is 4.88 Å². The number of amides is 1. The minimum Gasteiger partial charge on any atom is -0.497 e. The number of nitrogens with zero attached hydrogens (tertiary/aromatic N) is 4. The summed E-state index contributed by atoms with van der Waals surface area (Å²) in [6.07, 6.45) is 3.22. The van der Waals surface area contributed by atoms with E-state index in [0.717, 1.165) is 26.7 Å². The normalized spacial score (nSPS) is 10.9. The second-order valence-electron chi connectivity index (χ2n) is 5.82. The molecule has 0 saturated carbocycles. The van der Waals surface area contributed by atoms with Crippen molar-refractivity contribution in [3.8, 4) is 11.4 Å². The molecule has 1 amide bonds. The predicted molar refractivity (Wildman–Crippen MR) is 110 cm³/mol. The van der Waals surface area contributed by atoms with E-state index in [1.807, 2.05) is 41.8 Å². The Morgan fingerprint density at radius 2 is 2.11 bits per heavy atom. The molecule has 142 valence electrons. The Kier molecular flexibility index (Phi) is 5.54. The second kappa shape index (κ2) is 8.41. The number of methoxy groups -OCH3 is 1. The maximum atomic E-state index is 12.1. The lowest BCUT2D eigenvalue weighted by Crippen LogP contribution is -2.24. The van der Waals surface area contributed by atoms with Gasteiger partial charge in [0.25, 0.3) is 0 Å². The van der Waals surface area contributed by atoms with Gasteiger partial charge in [-0.25, -0.2) is 14.6 Å².